The maximum absolute atomic E-state index is 14.0. The molecule has 186 valence electrons. The Morgan fingerprint density at radius 3 is 2.69 bits per heavy atom. The Morgan fingerprint density at radius 2 is 2.03 bits per heavy atom. The van der Waals surface area contributed by atoms with Crippen molar-refractivity contribution in [2.45, 2.75) is 66.8 Å². The van der Waals surface area contributed by atoms with E-state index in [-0.39, 0.29) is 34.8 Å². The second kappa shape index (κ2) is 9.43. The molecule has 0 bridgehead atoms. The number of hydrogen-bond donors (Lipinski definition) is 1. The van der Waals surface area contributed by atoms with Crippen molar-refractivity contribution in [3.8, 4) is 6.07 Å². The maximum Gasteiger partial charge on any atom is 0.246 e. The SMILES string of the molecule is Cc1cc(N(C(=O)[C@@H]2C[C@@H](S(=O)(=O)c3ccccc3Cl)CN2)C2(C#N)CC2)n(C2CCSCC2)n1. The van der Waals surface area contributed by atoms with Gasteiger partial charge in [0, 0.05) is 12.6 Å². The first kappa shape index (κ1) is 24.6. The lowest BCUT2D eigenvalue weighted by Gasteiger charge is -2.32. The van der Waals surface area contributed by atoms with Crippen molar-refractivity contribution in [1.29, 1.82) is 5.26 Å². The second-order valence-corrected chi connectivity index (χ2v) is 13.4. The first-order chi connectivity index (χ1) is 16.8. The average molecular weight is 534 g/mol. The van der Waals surface area contributed by atoms with Crippen molar-refractivity contribution >= 4 is 44.9 Å². The highest BCUT2D eigenvalue weighted by molar-refractivity contribution is 7.99. The lowest BCUT2D eigenvalue weighted by atomic mass is 10.1. The zero-order chi connectivity index (χ0) is 24.8. The molecular formula is C24H28ClN5O3S2. The Hall–Kier alpha value is -2.06. The minimum absolute atomic E-state index is 0.0815. The zero-order valence-corrected chi connectivity index (χ0v) is 21.9. The van der Waals surface area contributed by atoms with Crippen LogP contribution in [0.1, 0.15) is 43.8 Å². The Balaban J connectivity index is 1.44. The third kappa shape index (κ3) is 4.48. The molecule has 1 aliphatic carbocycles. The van der Waals surface area contributed by atoms with E-state index in [1.165, 1.54) is 6.07 Å². The van der Waals surface area contributed by atoms with Crippen LogP contribution in [0, 0.1) is 18.3 Å². The van der Waals surface area contributed by atoms with Crippen molar-refractivity contribution < 1.29 is 13.2 Å². The van der Waals surface area contributed by atoms with Gasteiger partial charge in [-0.25, -0.2) is 13.1 Å². The summed E-state index contributed by atoms with van der Waals surface area (Å²) >= 11 is 8.09. The van der Waals surface area contributed by atoms with Crippen LogP contribution >= 0.6 is 23.4 Å². The summed E-state index contributed by atoms with van der Waals surface area (Å²) in [4.78, 5) is 15.6. The van der Waals surface area contributed by atoms with Crippen LogP contribution in [0.4, 0.5) is 5.82 Å². The maximum atomic E-state index is 14.0. The largest absolute Gasteiger partial charge is 0.304 e. The van der Waals surface area contributed by atoms with Gasteiger partial charge in [-0.3, -0.25) is 9.69 Å². The number of sulfone groups is 1. The molecule has 2 atom stereocenters. The predicted octanol–water partition coefficient (Wildman–Crippen LogP) is 3.51. The Labute approximate surface area is 214 Å². The van der Waals surface area contributed by atoms with Crippen LogP contribution in [0.5, 0.6) is 0 Å². The van der Waals surface area contributed by atoms with Crippen LogP contribution in [0.25, 0.3) is 0 Å². The minimum Gasteiger partial charge on any atom is -0.304 e. The number of nitrogens with one attached hydrogen (secondary N) is 1. The molecule has 3 heterocycles. The van der Waals surface area contributed by atoms with Crippen LogP contribution in [-0.2, 0) is 14.6 Å². The Bertz CT molecular complexity index is 1280. The number of anilines is 1. The summed E-state index contributed by atoms with van der Waals surface area (Å²) in [6, 6.07) is 10.1. The fourth-order valence-electron chi connectivity index (χ4n) is 5.05. The summed E-state index contributed by atoms with van der Waals surface area (Å²) in [5.74, 6) is 2.44. The Kier molecular flexibility index (Phi) is 6.64. The fraction of sp³-hybridized carbons (Fsp3) is 0.542. The average Bonchev–Trinajstić information content (AvgIpc) is 3.28. The fourth-order valence-corrected chi connectivity index (χ4v) is 8.32. The third-order valence-electron chi connectivity index (χ3n) is 7.15. The smallest absolute Gasteiger partial charge is 0.246 e. The molecule has 0 unspecified atom stereocenters. The van der Waals surface area contributed by atoms with Gasteiger partial charge in [-0.1, -0.05) is 23.7 Å². The van der Waals surface area contributed by atoms with Crippen molar-refractivity contribution in [1.82, 2.24) is 15.1 Å². The van der Waals surface area contributed by atoms with E-state index in [1.54, 1.807) is 23.1 Å². The highest BCUT2D eigenvalue weighted by Crippen LogP contribution is 2.46. The molecule has 1 amide bonds. The van der Waals surface area contributed by atoms with Gasteiger partial charge in [0.1, 0.15) is 11.4 Å². The molecule has 1 aromatic heterocycles. The van der Waals surface area contributed by atoms with E-state index in [0.29, 0.717) is 18.7 Å². The normalized spacial score (nSPS) is 24.1. The van der Waals surface area contributed by atoms with Gasteiger partial charge in [-0.05, 0) is 62.7 Å². The summed E-state index contributed by atoms with van der Waals surface area (Å²) in [6.45, 7) is 2.04. The van der Waals surface area contributed by atoms with E-state index < -0.39 is 26.7 Å². The van der Waals surface area contributed by atoms with Crippen molar-refractivity contribution in [2.75, 3.05) is 23.0 Å². The standard InChI is InChI=1S/C24H28ClN5O3S2/c1-16-12-22(30(28-16)17-6-10-34-11-7-17)29(24(15-26)8-9-24)23(31)20-13-18(14-27-20)35(32,33)21-5-3-2-4-19(21)25/h2-5,12,17-18,20,27H,6-11,13-14H2,1H3/t18-,20+/m1/s1. The van der Waals surface area contributed by atoms with Crippen molar-refractivity contribution in [3.63, 3.8) is 0 Å². The molecule has 3 aliphatic rings. The monoisotopic (exact) mass is 533 g/mol. The molecule has 0 spiro atoms. The number of benzene rings is 1. The number of carbonyl (C=O) groups is 1. The quantitative estimate of drug-likeness (QED) is 0.605. The Morgan fingerprint density at radius 1 is 1.31 bits per heavy atom. The van der Waals surface area contributed by atoms with Crippen molar-refractivity contribution in [2.24, 2.45) is 0 Å². The lowest BCUT2D eigenvalue weighted by Crippen LogP contribution is -2.50. The van der Waals surface area contributed by atoms with Gasteiger partial charge < -0.3 is 5.32 Å². The van der Waals surface area contributed by atoms with E-state index in [2.05, 4.69) is 11.4 Å². The van der Waals surface area contributed by atoms with Gasteiger partial charge in [0.25, 0.3) is 0 Å². The van der Waals surface area contributed by atoms with Crippen LogP contribution in [0.2, 0.25) is 5.02 Å². The molecule has 5 rings (SSSR count). The summed E-state index contributed by atoms with van der Waals surface area (Å²) in [5.41, 5.74) is -0.116. The van der Waals surface area contributed by atoms with Gasteiger partial charge in [0.2, 0.25) is 5.91 Å². The predicted molar refractivity (Wildman–Crippen MR) is 136 cm³/mol. The summed E-state index contributed by atoms with van der Waals surface area (Å²) in [7, 11) is -3.72. The van der Waals surface area contributed by atoms with Gasteiger partial charge in [0.05, 0.1) is 39.0 Å². The number of aryl methyl sites for hydroxylation is 1. The van der Waals surface area contributed by atoms with Gasteiger partial charge in [-0.2, -0.15) is 22.1 Å². The van der Waals surface area contributed by atoms with Crippen molar-refractivity contribution in [3.05, 3.63) is 41.0 Å². The minimum atomic E-state index is -3.72. The van der Waals surface area contributed by atoms with Crippen LogP contribution in [0.3, 0.4) is 0 Å². The molecule has 2 aromatic rings. The second-order valence-electron chi connectivity index (χ2n) is 9.54. The molecule has 2 saturated heterocycles. The van der Waals surface area contributed by atoms with E-state index in [0.717, 1.165) is 30.0 Å². The number of amides is 1. The molecule has 11 heteroatoms. The first-order valence-corrected chi connectivity index (χ1v) is 15.0. The first-order valence-electron chi connectivity index (χ1n) is 11.9. The number of nitrogens with zero attached hydrogens (tertiary/aromatic N) is 4. The van der Waals surface area contributed by atoms with Crippen LogP contribution in [-0.4, -0.2) is 59.0 Å². The topological polar surface area (TPSA) is 108 Å². The van der Waals surface area contributed by atoms with Gasteiger partial charge in [0.15, 0.2) is 9.84 Å². The zero-order valence-electron chi connectivity index (χ0n) is 19.5. The van der Waals surface area contributed by atoms with Crippen LogP contribution < -0.4 is 10.2 Å². The number of nitriles is 1. The molecule has 1 saturated carbocycles. The highest BCUT2D eigenvalue weighted by Gasteiger charge is 2.55. The number of carbonyl (C=O) groups excluding carboxylic acids is 1. The third-order valence-corrected chi connectivity index (χ3v) is 10.9. The number of thioether (sulfide) groups is 1. The number of halogens is 1. The summed E-state index contributed by atoms with van der Waals surface area (Å²) in [6.07, 6.45) is 3.22. The molecule has 0 radical (unpaired) electrons. The molecule has 1 N–H and O–H groups in total. The van der Waals surface area contributed by atoms with Crippen LogP contribution in [0.15, 0.2) is 35.2 Å². The molecule has 35 heavy (non-hydrogen) atoms. The van der Waals surface area contributed by atoms with E-state index in [1.807, 2.05) is 29.4 Å². The molecule has 2 aliphatic heterocycles. The molecular weight excluding hydrogens is 506 g/mol. The van der Waals surface area contributed by atoms with Gasteiger partial charge in [-0.15, -0.1) is 0 Å². The van der Waals surface area contributed by atoms with Gasteiger partial charge >= 0.3 is 0 Å². The highest BCUT2D eigenvalue weighted by atomic mass is 35.5. The number of hydrogen-bond acceptors (Lipinski definition) is 7. The summed E-state index contributed by atoms with van der Waals surface area (Å²) in [5, 5.41) is 17.3. The molecule has 8 nitrogen and oxygen atoms in total. The van der Waals surface area contributed by atoms with E-state index >= 15 is 0 Å². The molecule has 1 aromatic carbocycles. The summed E-state index contributed by atoms with van der Waals surface area (Å²) < 4.78 is 28.5. The van der Waals surface area contributed by atoms with E-state index in [4.69, 9.17) is 16.7 Å². The number of rotatable bonds is 6. The van der Waals surface area contributed by atoms with E-state index in [9.17, 15) is 18.5 Å². The molecule has 3 fully saturated rings. The lowest BCUT2D eigenvalue weighted by molar-refractivity contribution is -0.120. The number of aromatic nitrogens is 2.